The van der Waals surface area contributed by atoms with Gasteiger partial charge >= 0.3 is 0 Å². The molecule has 3 unspecified atom stereocenters. The first-order valence-electron chi connectivity index (χ1n) is 8.53. The van der Waals surface area contributed by atoms with Crippen LogP contribution in [0.3, 0.4) is 0 Å². The van der Waals surface area contributed by atoms with Crippen LogP contribution < -0.4 is 5.32 Å². The van der Waals surface area contributed by atoms with E-state index in [1.54, 1.807) is 0 Å². The maximum atomic E-state index is 12.8. The third kappa shape index (κ3) is 4.72. The smallest absolute Gasteiger partial charge is 0.246 e. The van der Waals surface area contributed by atoms with Gasteiger partial charge in [-0.2, -0.15) is 0 Å². The largest absolute Gasteiger partial charge is 0.342 e. The zero-order valence-electron chi connectivity index (χ0n) is 14.3. The number of nitrogens with one attached hydrogen (secondary N) is 1. The van der Waals surface area contributed by atoms with Crippen LogP contribution in [0.25, 0.3) is 0 Å². The first kappa shape index (κ1) is 18.0. The number of hydrogen-bond donors (Lipinski definition) is 1. The Morgan fingerprint density at radius 3 is 2.33 bits per heavy atom. The first-order valence-corrected chi connectivity index (χ1v) is 8.53. The van der Waals surface area contributed by atoms with Crippen LogP contribution in [0.2, 0.25) is 0 Å². The van der Waals surface area contributed by atoms with Gasteiger partial charge in [0.05, 0.1) is 0 Å². The molecule has 21 heavy (non-hydrogen) atoms. The summed E-state index contributed by atoms with van der Waals surface area (Å²) in [5, 5.41) is 2.96. The number of hydrogen-bond acceptors (Lipinski definition) is 2. The lowest BCUT2D eigenvalue weighted by Crippen LogP contribution is -2.65. The monoisotopic (exact) mass is 296 g/mol. The molecule has 1 heterocycles. The molecule has 1 rings (SSSR count). The van der Waals surface area contributed by atoms with Crippen LogP contribution in [0.15, 0.2) is 0 Å². The summed E-state index contributed by atoms with van der Waals surface area (Å²) in [5.74, 6) is 0.744. The zero-order valence-corrected chi connectivity index (χ0v) is 14.3. The Kier molecular flexibility index (Phi) is 7.20. The molecule has 4 nitrogen and oxygen atoms in total. The molecule has 0 saturated carbocycles. The molecule has 0 spiro atoms. The molecule has 0 aromatic carbocycles. The highest BCUT2D eigenvalue weighted by atomic mass is 16.2. The third-order valence-electron chi connectivity index (χ3n) is 4.44. The molecule has 0 aromatic rings. The molecule has 0 aliphatic carbocycles. The minimum atomic E-state index is -0.340. The number of nitrogens with zero attached hydrogens (tertiary/aromatic N) is 1. The number of amides is 2. The van der Waals surface area contributed by atoms with E-state index in [2.05, 4.69) is 33.0 Å². The maximum absolute atomic E-state index is 12.8. The summed E-state index contributed by atoms with van der Waals surface area (Å²) in [4.78, 5) is 27.1. The lowest BCUT2D eigenvalue weighted by atomic mass is 9.91. The van der Waals surface area contributed by atoms with Crippen LogP contribution in [-0.2, 0) is 9.59 Å². The van der Waals surface area contributed by atoms with E-state index in [9.17, 15) is 9.59 Å². The molecule has 1 aliphatic heterocycles. The molecule has 1 saturated heterocycles. The average molecular weight is 296 g/mol. The number of unbranched alkanes of at least 4 members (excludes halogenated alkanes) is 2. The van der Waals surface area contributed by atoms with Crippen molar-refractivity contribution in [1.82, 2.24) is 10.2 Å². The normalized spacial score (nSPS) is 24.4. The zero-order chi connectivity index (χ0) is 16.0. The van der Waals surface area contributed by atoms with Crippen LogP contribution >= 0.6 is 0 Å². The topological polar surface area (TPSA) is 49.4 Å². The highest BCUT2D eigenvalue weighted by molar-refractivity contribution is 5.97. The van der Waals surface area contributed by atoms with Crippen LogP contribution in [0, 0.1) is 11.8 Å². The van der Waals surface area contributed by atoms with E-state index >= 15 is 0 Å². The second-order valence-electron chi connectivity index (χ2n) is 6.76. The summed E-state index contributed by atoms with van der Waals surface area (Å²) in [5.41, 5.74) is 0. The van der Waals surface area contributed by atoms with E-state index in [0.29, 0.717) is 12.5 Å². The molecule has 0 aromatic heterocycles. The Balaban J connectivity index is 2.88. The van der Waals surface area contributed by atoms with Gasteiger partial charge in [-0.25, -0.2) is 0 Å². The van der Waals surface area contributed by atoms with E-state index in [0.717, 1.165) is 32.1 Å². The van der Waals surface area contributed by atoms with Crippen molar-refractivity contribution in [3.63, 3.8) is 0 Å². The summed E-state index contributed by atoms with van der Waals surface area (Å²) in [6.07, 6.45) is 4.86. The molecule has 1 aliphatic rings. The minimum Gasteiger partial charge on any atom is -0.342 e. The molecule has 1 N–H and O–H groups in total. The van der Waals surface area contributed by atoms with E-state index in [1.165, 1.54) is 0 Å². The summed E-state index contributed by atoms with van der Waals surface area (Å²) in [7, 11) is 0. The van der Waals surface area contributed by atoms with Gasteiger partial charge < -0.3 is 10.2 Å². The van der Waals surface area contributed by atoms with Gasteiger partial charge in [-0.05, 0) is 24.7 Å². The van der Waals surface area contributed by atoms with Crippen molar-refractivity contribution in [2.75, 3.05) is 6.54 Å². The standard InChI is InChI=1S/C17H32N2O2/c1-6-8-9-10-19-14(11-12(3)4)16(20)18-15(17(19)21)13(5)7-2/h12-15H,6-11H2,1-5H3,(H,18,20). The summed E-state index contributed by atoms with van der Waals surface area (Å²) in [6.45, 7) is 11.2. The van der Waals surface area contributed by atoms with Crippen LogP contribution in [0.4, 0.5) is 0 Å². The SMILES string of the molecule is CCCCCN1C(=O)C(C(C)CC)NC(=O)C1CC(C)C. The molecule has 122 valence electrons. The number of piperazine rings is 1. The van der Waals surface area contributed by atoms with Crippen LogP contribution in [-0.4, -0.2) is 35.3 Å². The van der Waals surface area contributed by atoms with Crippen molar-refractivity contribution >= 4 is 11.8 Å². The van der Waals surface area contributed by atoms with Crippen molar-refractivity contribution < 1.29 is 9.59 Å². The van der Waals surface area contributed by atoms with Gasteiger partial charge in [-0.3, -0.25) is 9.59 Å². The Labute approximate surface area is 129 Å². The van der Waals surface area contributed by atoms with Crippen molar-refractivity contribution in [3.05, 3.63) is 0 Å². The molecule has 1 fully saturated rings. The van der Waals surface area contributed by atoms with Crippen LogP contribution in [0.1, 0.15) is 66.7 Å². The number of rotatable bonds is 8. The fourth-order valence-corrected chi connectivity index (χ4v) is 2.89. The second-order valence-corrected chi connectivity index (χ2v) is 6.76. The molecule has 3 atom stereocenters. The van der Waals surface area contributed by atoms with Crippen molar-refractivity contribution in [2.45, 2.75) is 78.8 Å². The predicted octanol–water partition coefficient (Wildman–Crippen LogP) is 2.96. The molecular formula is C17H32N2O2. The van der Waals surface area contributed by atoms with E-state index in [4.69, 9.17) is 0 Å². The van der Waals surface area contributed by atoms with Gasteiger partial charge in [0.15, 0.2) is 0 Å². The Hall–Kier alpha value is -1.06. The van der Waals surface area contributed by atoms with Gasteiger partial charge in [0.1, 0.15) is 12.1 Å². The van der Waals surface area contributed by atoms with Crippen molar-refractivity contribution in [1.29, 1.82) is 0 Å². The fourth-order valence-electron chi connectivity index (χ4n) is 2.89. The third-order valence-corrected chi connectivity index (χ3v) is 4.44. The predicted molar refractivity (Wildman–Crippen MR) is 85.9 cm³/mol. The second kappa shape index (κ2) is 8.40. The molecule has 4 heteroatoms. The van der Waals surface area contributed by atoms with Gasteiger partial charge in [0.2, 0.25) is 11.8 Å². The van der Waals surface area contributed by atoms with Gasteiger partial charge in [0, 0.05) is 6.54 Å². The van der Waals surface area contributed by atoms with E-state index < -0.39 is 0 Å². The minimum absolute atomic E-state index is 0.0325. The summed E-state index contributed by atoms with van der Waals surface area (Å²) >= 11 is 0. The van der Waals surface area contributed by atoms with Crippen LogP contribution in [0.5, 0.6) is 0 Å². The molecule has 2 amide bonds. The van der Waals surface area contributed by atoms with Gasteiger partial charge in [-0.15, -0.1) is 0 Å². The molecule has 0 radical (unpaired) electrons. The fraction of sp³-hybridized carbons (Fsp3) is 0.882. The van der Waals surface area contributed by atoms with E-state index in [1.807, 2.05) is 11.8 Å². The Morgan fingerprint density at radius 2 is 1.81 bits per heavy atom. The van der Waals surface area contributed by atoms with E-state index in [-0.39, 0.29) is 29.8 Å². The van der Waals surface area contributed by atoms with Gasteiger partial charge in [-0.1, -0.05) is 53.9 Å². The Morgan fingerprint density at radius 1 is 1.14 bits per heavy atom. The summed E-state index contributed by atoms with van der Waals surface area (Å²) in [6, 6.07) is -0.623. The molecular weight excluding hydrogens is 264 g/mol. The maximum Gasteiger partial charge on any atom is 0.246 e. The Bertz CT molecular complexity index is 355. The highest BCUT2D eigenvalue weighted by Gasteiger charge is 2.41. The first-order chi connectivity index (χ1) is 9.92. The highest BCUT2D eigenvalue weighted by Crippen LogP contribution is 2.22. The number of carbonyl (C=O) groups excluding carboxylic acids is 2. The lowest BCUT2D eigenvalue weighted by molar-refractivity contribution is -0.151. The quantitative estimate of drug-likeness (QED) is 0.700. The molecule has 0 bridgehead atoms. The van der Waals surface area contributed by atoms with Crippen molar-refractivity contribution in [2.24, 2.45) is 11.8 Å². The summed E-state index contributed by atoms with van der Waals surface area (Å²) < 4.78 is 0. The van der Waals surface area contributed by atoms with Crippen molar-refractivity contribution in [3.8, 4) is 0 Å². The lowest BCUT2D eigenvalue weighted by Gasteiger charge is -2.41. The number of carbonyl (C=O) groups is 2. The van der Waals surface area contributed by atoms with Gasteiger partial charge in [0.25, 0.3) is 0 Å². The average Bonchev–Trinajstić information content (AvgIpc) is 2.44.